The maximum absolute atomic E-state index is 12.0. The fourth-order valence-electron chi connectivity index (χ4n) is 1.82. The molecule has 1 aromatic heterocycles. The highest BCUT2D eigenvalue weighted by molar-refractivity contribution is 7.17. The van der Waals surface area contributed by atoms with Gasteiger partial charge in [0.1, 0.15) is 0 Å². The van der Waals surface area contributed by atoms with E-state index >= 15 is 0 Å². The standard InChI is InChI=1S/C10H15N3OS.ClH/c1-2-5-12-6-3-4-7-9(8(6)14)15-10(11)13-7;/h6,12H,2-5H2,1H3,(H2,11,13);1H/t6-;/m1./s1. The SMILES string of the molecule is CCCN[C@@H]1CCc2nc(N)sc2C1=O.Cl. The first-order valence-electron chi connectivity index (χ1n) is 5.25. The summed E-state index contributed by atoms with van der Waals surface area (Å²) in [6, 6.07) is -0.0303. The van der Waals surface area contributed by atoms with Crippen LogP contribution >= 0.6 is 23.7 Å². The Morgan fingerprint density at radius 3 is 3.06 bits per heavy atom. The van der Waals surface area contributed by atoms with E-state index in [0.29, 0.717) is 5.13 Å². The molecule has 0 saturated carbocycles. The highest BCUT2D eigenvalue weighted by atomic mass is 35.5. The number of anilines is 1. The van der Waals surface area contributed by atoms with Crippen LogP contribution in [0, 0.1) is 0 Å². The normalized spacial score (nSPS) is 19.1. The molecule has 90 valence electrons. The highest BCUT2D eigenvalue weighted by Gasteiger charge is 2.29. The smallest absolute Gasteiger partial charge is 0.191 e. The fourth-order valence-corrected chi connectivity index (χ4v) is 2.69. The zero-order chi connectivity index (χ0) is 10.8. The van der Waals surface area contributed by atoms with Crippen LogP contribution < -0.4 is 11.1 Å². The van der Waals surface area contributed by atoms with E-state index in [-0.39, 0.29) is 24.2 Å². The number of thiazole rings is 1. The molecule has 0 spiro atoms. The summed E-state index contributed by atoms with van der Waals surface area (Å²) in [6.45, 7) is 2.98. The van der Waals surface area contributed by atoms with Crippen molar-refractivity contribution in [1.82, 2.24) is 10.3 Å². The lowest BCUT2D eigenvalue weighted by atomic mass is 9.96. The number of ketones is 1. The first-order chi connectivity index (χ1) is 7.22. The van der Waals surface area contributed by atoms with Crippen LogP contribution in [0.4, 0.5) is 5.13 Å². The lowest BCUT2D eigenvalue weighted by Crippen LogP contribution is -2.40. The molecule has 1 aromatic rings. The number of hydrogen-bond acceptors (Lipinski definition) is 5. The third kappa shape index (κ3) is 2.53. The van der Waals surface area contributed by atoms with Gasteiger partial charge in [0.15, 0.2) is 10.9 Å². The number of aromatic nitrogens is 1. The van der Waals surface area contributed by atoms with E-state index in [0.717, 1.165) is 36.4 Å². The molecule has 16 heavy (non-hydrogen) atoms. The van der Waals surface area contributed by atoms with Crippen LogP contribution in [0.3, 0.4) is 0 Å². The number of aryl methyl sites for hydroxylation is 1. The average molecular weight is 262 g/mol. The third-order valence-electron chi connectivity index (χ3n) is 2.56. The van der Waals surface area contributed by atoms with E-state index in [1.807, 2.05) is 0 Å². The van der Waals surface area contributed by atoms with Crippen molar-refractivity contribution in [1.29, 1.82) is 0 Å². The Balaban J connectivity index is 0.00000128. The van der Waals surface area contributed by atoms with Crippen LogP contribution in [0.5, 0.6) is 0 Å². The van der Waals surface area contributed by atoms with Crippen molar-refractivity contribution >= 4 is 34.7 Å². The van der Waals surface area contributed by atoms with Crippen molar-refractivity contribution in [2.45, 2.75) is 32.2 Å². The Morgan fingerprint density at radius 2 is 2.38 bits per heavy atom. The lowest BCUT2D eigenvalue weighted by molar-refractivity contribution is 0.0932. The van der Waals surface area contributed by atoms with Gasteiger partial charge in [-0.2, -0.15) is 0 Å². The largest absolute Gasteiger partial charge is 0.375 e. The zero-order valence-corrected chi connectivity index (χ0v) is 10.8. The maximum Gasteiger partial charge on any atom is 0.191 e. The summed E-state index contributed by atoms with van der Waals surface area (Å²) in [7, 11) is 0. The Bertz CT molecular complexity index is 380. The summed E-state index contributed by atoms with van der Waals surface area (Å²) < 4.78 is 0. The molecular formula is C10H16ClN3OS. The van der Waals surface area contributed by atoms with Crippen molar-refractivity contribution in [2.75, 3.05) is 12.3 Å². The van der Waals surface area contributed by atoms with Crippen LogP contribution in [0.25, 0.3) is 0 Å². The second-order valence-corrected chi connectivity index (χ2v) is 4.77. The minimum absolute atomic E-state index is 0. The van der Waals surface area contributed by atoms with E-state index in [4.69, 9.17) is 5.73 Å². The molecule has 0 aliphatic heterocycles. The molecule has 0 aromatic carbocycles. The minimum Gasteiger partial charge on any atom is -0.375 e. The first kappa shape index (κ1) is 13.4. The predicted molar refractivity (Wildman–Crippen MR) is 68.5 cm³/mol. The Kier molecular flexibility index (Phi) is 4.70. The first-order valence-corrected chi connectivity index (χ1v) is 6.06. The molecular weight excluding hydrogens is 246 g/mol. The van der Waals surface area contributed by atoms with Gasteiger partial charge in [-0.25, -0.2) is 4.98 Å². The molecule has 0 unspecified atom stereocenters. The summed E-state index contributed by atoms with van der Waals surface area (Å²) >= 11 is 1.31. The minimum atomic E-state index is -0.0303. The molecule has 1 aliphatic carbocycles. The molecule has 1 heterocycles. The van der Waals surface area contributed by atoms with Gasteiger partial charge in [0, 0.05) is 0 Å². The molecule has 0 amide bonds. The van der Waals surface area contributed by atoms with Crippen molar-refractivity contribution in [3.8, 4) is 0 Å². The van der Waals surface area contributed by atoms with Gasteiger partial charge in [-0.05, 0) is 25.8 Å². The molecule has 2 rings (SSSR count). The van der Waals surface area contributed by atoms with E-state index in [1.165, 1.54) is 11.3 Å². The number of fused-ring (bicyclic) bond motifs is 1. The average Bonchev–Trinajstić information content (AvgIpc) is 2.59. The van der Waals surface area contributed by atoms with Crippen molar-refractivity contribution in [3.05, 3.63) is 10.6 Å². The number of nitrogens with zero attached hydrogens (tertiary/aromatic N) is 1. The van der Waals surface area contributed by atoms with Gasteiger partial charge in [0.2, 0.25) is 0 Å². The molecule has 1 aliphatic rings. The third-order valence-corrected chi connectivity index (χ3v) is 3.51. The van der Waals surface area contributed by atoms with E-state index < -0.39 is 0 Å². The van der Waals surface area contributed by atoms with Crippen LogP contribution in [-0.2, 0) is 6.42 Å². The molecule has 0 bridgehead atoms. The summed E-state index contributed by atoms with van der Waals surface area (Å²) in [4.78, 5) is 16.9. The van der Waals surface area contributed by atoms with Crippen molar-refractivity contribution < 1.29 is 4.79 Å². The van der Waals surface area contributed by atoms with Crippen LogP contribution in [0.2, 0.25) is 0 Å². The molecule has 4 nitrogen and oxygen atoms in total. The Morgan fingerprint density at radius 1 is 1.62 bits per heavy atom. The summed E-state index contributed by atoms with van der Waals surface area (Å²) in [5.41, 5.74) is 6.49. The van der Waals surface area contributed by atoms with Gasteiger partial charge in [0.05, 0.1) is 16.6 Å². The summed E-state index contributed by atoms with van der Waals surface area (Å²) in [5, 5.41) is 3.76. The number of carbonyl (C=O) groups is 1. The second kappa shape index (κ2) is 5.61. The lowest BCUT2D eigenvalue weighted by Gasteiger charge is -2.20. The van der Waals surface area contributed by atoms with Gasteiger partial charge in [-0.15, -0.1) is 12.4 Å². The van der Waals surface area contributed by atoms with Crippen molar-refractivity contribution in [3.63, 3.8) is 0 Å². The van der Waals surface area contributed by atoms with Gasteiger partial charge in [-0.3, -0.25) is 4.79 Å². The summed E-state index contributed by atoms with van der Waals surface area (Å²) in [6.07, 6.45) is 2.74. The number of carbonyl (C=O) groups excluding carboxylic acids is 1. The summed E-state index contributed by atoms with van der Waals surface area (Å²) in [5.74, 6) is 0.166. The van der Waals surface area contributed by atoms with Gasteiger partial charge in [-0.1, -0.05) is 18.3 Å². The molecule has 0 fully saturated rings. The number of Topliss-reactive ketones (excluding diaryl/α,β-unsaturated/α-hetero) is 1. The zero-order valence-electron chi connectivity index (χ0n) is 9.16. The highest BCUT2D eigenvalue weighted by Crippen LogP contribution is 2.28. The molecule has 1 atom stereocenters. The molecule has 3 N–H and O–H groups in total. The van der Waals surface area contributed by atoms with Gasteiger partial charge in [0.25, 0.3) is 0 Å². The number of nitrogen functional groups attached to an aromatic ring is 1. The molecule has 0 radical (unpaired) electrons. The number of rotatable bonds is 3. The van der Waals surface area contributed by atoms with Gasteiger partial charge < -0.3 is 11.1 Å². The number of nitrogens with two attached hydrogens (primary N) is 1. The van der Waals surface area contributed by atoms with Crippen molar-refractivity contribution in [2.24, 2.45) is 0 Å². The van der Waals surface area contributed by atoms with E-state index in [9.17, 15) is 4.79 Å². The molecule has 0 saturated heterocycles. The van der Waals surface area contributed by atoms with Crippen LogP contribution in [0.1, 0.15) is 35.1 Å². The number of nitrogens with one attached hydrogen (secondary N) is 1. The Hall–Kier alpha value is -0.650. The number of hydrogen-bond donors (Lipinski definition) is 2. The number of halogens is 1. The Labute approximate surface area is 105 Å². The van der Waals surface area contributed by atoms with E-state index in [2.05, 4.69) is 17.2 Å². The van der Waals surface area contributed by atoms with E-state index in [1.54, 1.807) is 0 Å². The van der Waals surface area contributed by atoms with Crippen LogP contribution in [0.15, 0.2) is 0 Å². The quantitative estimate of drug-likeness (QED) is 0.868. The van der Waals surface area contributed by atoms with Gasteiger partial charge >= 0.3 is 0 Å². The topological polar surface area (TPSA) is 68.0 Å². The maximum atomic E-state index is 12.0. The predicted octanol–water partition coefficient (Wildman–Crippen LogP) is 1.64. The fraction of sp³-hybridized carbons (Fsp3) is 0.600. The van der Waals surface area contributed by atoms with Crippen LogP contribution in [-0.4, -0.2) is 23.4 Å². The molecule has 6 heteroatoms. The monoisotopic (exact) mass is 261 g/mol. The second-order valence-electron chi connectivity index (χ2n) is 3.74.